The minimum Gasteiger partial charge on any atom is -0.437 e. The largest absolute Gasteiger partial charge is 0.437 e. The van der Waals surface area contributed by atoms with Gasteiger partial charge in [0.2, 0.25) is 15.9 Å². The number of aryl methyl sites for hydroxylation is 1. The summed E-state index contributed by atoms with van der Waals surface area (Å²) in [6.07, 6.45) is 1.23. The van der Waals surface area contributed by atoms with Crippen molar-refractivity contribution in [1.82, 2.24) is 19.8 Å². The lowest BCUT2D eigenvalue weighted by atomic mass is 10.1. The van der Waals surface area contributed by atoms with Gasteiger partial charge in [-0.1, -0.05) is 26.0 Å². The number of nitrogens with one attached hydrogen (secondary N) is 2. The fourth-order valence-corrected chi connectivity index (χ4v) is 5.23. The van der Waals surface area contributed by atoms with Crippen LogP contribution in [-0.2, 0) is 10.0 Å². The number of sulfonamides is 1. The molecule has 11 nitrogen and oxygen atoms in total. The van der Waals surface area contributed by atoms with E-state index in [-0.39, 0.29) is 23.4 Å². The van der Waals surface area contributed by atoms with Crippen LogP contribution < -0.4 is 14.8 Å². The van der Waals surface area contributed by atoms with Crippen molar-refractivity contribution in [2.45, 2.75) is 78.3 Å². The molecule has 3 aromatic rings. The van der Waals surface area contributed by atoms with Crippen molar-refractivity contribution in [3.8, 4) is 17.3 Å². The summed E-state index contributed by atoms with van der Waals surface area (Å²) in [5.74, 6) is -0.419. The van der Waals surface area contributed by atoms with E-state index in [0.29, 0.717) is 17.7 Å². The van der Waals surface area contributed by atoms with E-state index in [0.717, 1.165) is 23.6 Å². The molecule has 2 N–H and O–H groups in total. The van der Waals surface area contributed by atoms with Gasteiger partial charge in [0, 0.05) is 29.8 Å². The molecule has 2 atom stereocenters. The van der Waals surface area contributed by atoms with Crippen LogP contribution in [0.4, 0.5) is 5.69 Å². The Labute approximate surface area is 228 Å². The number of nitro benzene ring substituents is 1. The third kappa shape index (κ3) is 6.45. The number of aromatic nitrogens is 2. The monoisotopic (exact) mass is 557 g/mol. The Balaban J connectivity index is 2.25. The number of non-ortho nitro benzene ring substituents is 1. The minimum atomic E-state index is -4.20. The van der Waals surface area contributed by atoms with Gasteiger partial charge in [0.05, 0.1) is 10.6 Å². The Kier molecular flexibility index (Phi) is 9.13. The number of nitrogens with zero attached hydrogens (tertiary/aromatic N) is 3. The van der Waals surface area contributed by atoms with Gasteiger partial charge >= 0.3 is 0 Å². The molecule has 0 bridgehead atoms. The van der Waals surface area contributed by atoms with Crippen LogP contribution in [0.25, 0.3) is 5.69 Å². The Hall–Kier alpha value is -3.77. The van der Waals surface area contributed by atoms with Crippen LogP contribution in [0.5, 0.6) is 11.6 Å². The number of hydrogen-bond donors (Lipinski definition) is 2. The van der Waals surface area contributed by atoms with Crippen molar-refractivity contribution >= 4 is 21.6 Å². The van der Waals surface area contributed by atoms with Gasteiger partial charge in [-0.2, -0.15) is 9.78 Å². The number of nitro groups is 1. The molecule has 0 unspecified atom stereocenters. The maximum Gasteiger partial charge on any atom is 0.272 e. The van der Waals surface area contributed by atoms with E-state index in [9.17, 15) is 23.3 Å². The SMILES string of the molecule is CC[C@@H](C)NS(=O)(=O)c1cc([N+](=O)[O-])ccc1Oc1c(C)c(C(=O)N[C@@H](C)CC)nn1-c1cccc(C)c1C. The molecule has 0 saturated carbocycles. The number of ether oxygens (including phenoxy) is 1. The van der Waals surface area contributed by atoms with E-state index in [2.05, 4.69) is 15.1 Å². The highest BCUT2D eigenvalue weighted by atomic mass is 32.2. The third-order valence-corrected chi connectivity index (χ3v) is 8.29. The highest BCUT2D eigenvalue weighted by molar-refractivity contribution is 7.89. The van der Waals surface area contributed by atoms with Gasteiger partial charge in [-0.05, 0) is 70.7 Å². The summed E-state index contributed by atoms with van der Waals surface area (Å²) < 4.78 is 36.8. The molecule has 0 aliphatic heterocycles. The number of amides is 1. The fraction of sp³-hybridized carbons (Fsp3) is 0.407. The van der Waals surface area contributed by atoms with Crippen LogP contribution in [0, 0.1) is 30.9 Å². The lowest BCUT2D eigenvalue weighted by Crippen LogP contribution is -2.32. The first kappa shape index (κ1) is 29.8. The Morgan fingerprint density at radius 3 is 2.36 bits per heavy atom. The molecule has 1 aromatic heterocycles. The van der Waals surface area contributed by atoms with Crippen molar-refractivity contribution in [2.75, 3.05) is 0 Å². The maximum absolute atomic E-state index is 13.3. The highest BCUT2D eigenvalue weighted by Crippen LogP contribution is 2.36. The van der Waals surface area contributed by atoms with Crippen molar-refractivity contribution in [3.05, 3.63) is 68.9 Å². The third-order valence-electron chi connectivity index (χ3n) is 6.68. The minimum absolute atomic E-state index is 0.0924. The van der Waals surface area contributed by atoms with Crippen LogP contribution in [0.15, 0.2) is 41.3 Å². The number of hydrogen-bond acceptors (Lipinski definition) is 7. The number of carbonyl (C=O) groups is 1. The maximum atomic E-state index is 13.3. The lowest BCUT2D eigenvalue weighted by Gasteiger charge is -2.17. The Morgan fingerprint density at radius 1 is 1.08 bits per heavy atom. The summed E-state index contributed by atoms with van der Waals surface area (Å²) in [6.45, 7) is 12.8. The van der Waals surface area contributed by atoms with Gasteiger partial charge in [-0.25, -0.2) is 13.1 Å². The highest BCUT2D eigenvalue weighted by Gasteiger charge is 2.29. The molecule has 0 fully saturated rings. The smallest absolute Gasteiger partial charge is 0.272 e. The molecule has 0 aliphatic carbocycles. The molecule has 0 radical (unpaired) electrons. The zero-order chi connectivity index (χ0) is 29.1. The normalized spacial score (nSPS) is 13.1. The zero-order valence-corrected chi connectivity index (χ0v) is 24.0. The average Bonchev–Trinajstić information content (AvgIpc) is 3.20. The van der Waals surface area contributed by atoms with Crippen LogP contribution in [0.1, 0.15) is 67.7 Å². The fourth-order valence-electron chi connectivity index (χ4n) is 3.76. The van der Waals surface area contributed by atoms with Gasteiger partial charge in [-0.15, -0.1) is 0 Å². The topological polar surface area (TPSA) is 145 Å². The van der Waals surface area contributed by atoms with Crippen LogP contribution >= 0.6 is 0 Å². The molecule has 3 rings (SSSR count). The second kappa shape index (κ2) is 12.0. The molecule has 1 amide bonds. The average molecular weight is 558 g/mol. The molecule has 1 heterocycles. The van der Waals surface area contributed by atoms with E-state index in [4.69, 9.17) is 4.74 Å². The molecule has 2 aromatic carbocycles. The summed E-state index contributed by atoms with van der Waals surface area (Å²) >= 11 is 0. The zero-order valence-electron chi connectivity index (χ0n) is 23.2. The molecule has 0 aliphatic rings. The molecule has 39 heavy (non-hydrogen) atoms. The van der Waals surface area contributed by atoms with Crippen molar-refractivity contribution < 1.29 is 22.9 Å². The van der Waals surface area contributed by atoms with Gasteiger partial charge in [-0.3, -0.25) is 14.9 Å². The first-order chi connectivity index (χ1) is 18.3. The van der Waals surface area contributed by atoms with Gasteiger partial charge in [0.1, 0.15) is 10.6 Å². The van der Waals surface area contributed by atoms with Gasteiger partial charge < -0.3 is 10.1 Å². The molecule has 0 saturated heterocycles. The quantitative estimate of drug-likeness (QED) is 0.246. The van der Waals surface area contributed by atoms with Crippen LogP contribution in [-0.4, -0.2) is 41.1 Å². The Bertz CT molecular complexity index is 1500. The summed E-state index contributed by atoms with van der Waals surface area (Å²) in [5.41, 5.74) is 2.60. The standard InChI is InChI=1S/C27H35N5O6S/c1-8-17(4)28-26(33)25-20(7)27(31(29-25)22-12-10-11-16(3)19(22)6)38-23-14-13-21(32(34)35)15-24(23)39(36,37)30-18(5)9-2/h10-15,17-18,30H,8-9H2,1-7H3,(H,28,33)/t17-,18+/m0/s1. The van der Waals surface area contributed by atoms with E-state index in [1.54, 1.807) is 13.8 Å². The summed E-state index contributed by atoms with van der Waals surface area (Å²) in [4.78, 5) is 23.5. The predicted molar refractivity (Wildman–Crippen MR) is 148 cm³/mol. The molecule has 0 spiro atoms. The first-order valence-electron chi connectivity index (χ1n) is 12.8. The van der Waals surface area contributed by atoms with Crippen LogP contribution in [0.3, 0.4) is 0 Å². The molecule has 12 heteroatoms. The van der Waals surface area contributed by atoms with E-state index < -0.39 is 37.5 Å². The van der Waals surface area contributed by atoms with Crippen molar-refractivity contribution in [2.24, 2.45) is 0 Å². The second-order valence-electron chi connectivity index (χ2n) is 9.61. The lowest BCUT2D eigenvalue weighted by molar-refractivity contribution is -0.385. The summed E-state index contributed by atoms with van der Waals surface area (Å²) in [5, 5.41) is 18.9. The van der Waals surface area contributed by atoms with E-state index >= 15 is 0 Å². The number of benzene rings is 2. The molecular weight excluding hydrogens is 522 g/mol. The first-order valence-corrected chi connectivity index (χ1v) is 14.2. The van der Waals surface area contributed by atoms with E-state index in [1.165, 1.54) is 16.8 Å². The number of carbonyl (C=O) groups excluding carboxylic acids is 1. The molecule has 210 valence electrons. The van der Waals surface area contributed by atoms with E-state index in [1.807, 2.05) is 52.8 Å². The summed E-state index contributed by atoms with van der Waals surface area (Å²) in [6, 6.07) is 8.46. The van der Waals surface area contributed by atoms with Gasteiger partial charge in [0.25, 0.3) is 11.6 Å². The second-order valence-corrected chi connectivity index (χ2v) is 11.3. The number of rotatable bonds is 11. The van der Waals surface area contributed by atoms with Crippen molar-refractivity contribution in [1.29, 1.82) is 0 Å². The van der Waals surface area contributed by atoms with Crippen molar-refractivity contribution in [3.63, 3.8) is 0 Å². The van der Waals surface area contributed by atoms with Gasteiger partial charge in [0.15, 0.2) is 5.69 Å². The predicted octanol–water partition coefficient (Wildman–Crippen LogP) is 5.10. The summed E-state index contributed by atoms with van der Waals surface area (Å²) in [7, 11) is -4.20. The molecular formula is C27H35N5O6S. The Morgan fingerprint density at radius 2 is 1.74 bits per heavy atom. The van der Waals surface area contributed by atoms with Crippen LogP contribution in [0.2, 0.25) is 0 Å².